The van der Waals surface area contributed by atoms with Crippen LogP contribution in [0.4, 0.5) is 0 Å². The molecule has 1 saturated heterocycles. The van der Waals surface area contributed by atoms with E-state index in [4.69, 9.17) is 0 Å². The molecule has 1 aromatic heterocycles. The van der Waals surface area contributed by atoms with Gasteiger partial charge in [0.15, 0.2) is 0 Å². The van der Waals surface area contributed by atoms with Gasteiger partial charge in [-0.25, -0.2) is 0 Å². The maximum absolute atomic E-state index is 10.3. The lowest BCUT2D eigenvalue weighted by Gasteiger charge is -2.34. The normalized spacial score (nSPS) is 21.7. The third-order valence-corrected chi connectivity index (χ3v) is 4.34. The molecule has 1 aromatic rings. The Morgan fingerprint density at radius 3 is 3.05 bits per heavy atom. The molecule has 2 rings (SSSR count). The van der Waals surface area contributed by atoms with Gasteiger partial charge in [-0.1, -0.05) is 37.7 Å². The van der Waals surface area contributed by atoms with E-state index in [0.717, 1.165) is 32.4 Å². The van der Waals surface area contributed by atoms with E-state index in [9.17, 15) is 5.11 Å². The standard InChI is InChI=1S/C19H28N2O/c1-3-4-11-19(2,22)12-8-15-21-14-6-5-10-18(21)17-9-7-13-20-16-17/h7,9,13,16,18,22H,3-6,10-11,14-15H2,1-2H3/t18-,19+/m1/s1. The van der Waals surface area contributed by atoms with Crippen molar-refractivity contribution in [3.63, 3.8) is 0 Å². The molecule has 1 aliphatic rings. The van der Waals surface area contributed by atoms with E-state index in [2.05, 4.69) is 34.7 Å². The fourth-order valence-corrected chi connectivity index (χ4v) is 3.05. The van der Waals surface area contributed by atoms with Gasteiger partial charge in [-0.2, -0.15) is 0 Å². The van der Waals surface area contributed by atoms with E-state index >= 15 is 0 Å². The summed E-state index contributed by atoms with van der Waals surface area (Å²) in [5.74, 6) is 6.27. The fraction of sp³-hybridized carbons (Fsp3) is 0.632. The Labute approximate surface area is 134 Å². The van der Waals surface area contributed by atoms with Crippen molar-refractivity contribution in [3.05, 3.63) is 30.1 Å². The van der Waals surface area contributed by atoms with Crippen molar-refractivity contribution >= 4 is 0 Å². The van der Waals surface area contributed by atoms with Crippen LogP contribution in [0.1, 0.15) is 64.0 Å². The smallest absolute Gasteiger partial charge is 0.122 e. The molecule has 3 heteroatoms. The van der Waals surface area contributed by atoms with Gasteiger partial charge in [0.1, 0.15) is 5.60 Å². The van der Waals surface area contributed by atoms with Crippen LogP contribution in [0.25, 0.3) is 0 Å². The number of nitrogens with zero attached hydrogens (tertiary/aromatic N) is 2. The molecule has 0 aromatic carbocycles. The second kappa shape index (κ2) is 8.31. The Morgan fingerprint density at radius 1 is 1.45 bits per heavy atom. The largest absolute Gasteiger partial charge is 0.378 e. The Kier molecular flexibility index (Phi) is 6.42. The topological polar surface area (TPSA) is 36.4 Å². The van der Waals surface area contributed by atoms with Crippen LogP contribution in [0.15, 0.2) is 24.5 Å². The Balaban J connectivity index is 1.98. The summed E-state index contributed by atoms with van der Waals surface area (Å²) in [6.45, 7) is 5.76. The monoisotopic (exact) mass is 300 g/mol. The highest BCUT2D eigenvalue weighted by molar-refractivity contribution is 5.17. The molecular formula is C19H28N2O. The first-order valence-corrected chi connectivity index (χ1v) is 8.49. The quantitative estimate of drug-likeness (QED) is 0.845. The van der Waals surface area contributed by atoms with Gasteiger partial charge in [0.2, 0.25) is 0 Å². The molecule has 3 nitrogen and oxygen atoms in total. The van der Waals surface area contributed by atoms with Crippen molar-refractivity contribution in [3.8, 4) is 11.8 Å². The summed E-state index contributed by atoms with van der Waals surface area (Å²) in [7, 11) is 0. The van der Waals surface area contributed by atoms with Crippen LogP contribution in [0, 0.1) is 11.8 Å². The molecule has 0 radical (unpaired) electrons. The van der Waals surface area contributed by atoms with Gasteiger partial charge in [0, 0.05) is 18.4 Å². The van der Waals surface area contributed by atoms with Crippen LogP contribution in [-0.4, -0.2) is 33.7 Å². The van der Waals surface area contributed by atoms with Gasteiger partial charge in [0.25, 0.3) is 0 Å². The van der Waals surface area contributed by atoms with Gasteiger partial charge in [0.05, 0.1) is 6.54 Å². The Hall–Kier alpha value is -1.37. The molecule has 0 spiro atoms. The fourth-order valence-electron chi connectivity index (χ4n) is 3.05. The molecule has 0 bridgehead atoms. The lowest BCUT2D eigenvalue weighted by atomic mass is 9.96. The second-order valence-electron chi connectivity index (χ2n) is 6.45. The number of aliphatic hydroxyl groups is 1. The number of likely N-dealkylation sites (tertiary alicyclic amines) is 1. The van der Waals surface area contributed by atoms with Crippen LogP contribution in [-0.2, 0) is 0 Å². The molecule has 120 valence electrons. The van der Waals surface area contributed by atoms with Crippen LogP contribution in [0.3, 0.4) is 0 Å². The van der Waals surface area contributed by atoms with Gasteiger partial charge >= 0.3 is 0 Å². The molecule has 22 heavy (non-hydrogen) atoms. The SMILES string of the molecule is CCCC[C@](C)(O)C#CCN1CCCC[C@@H]1c1cccnc1. The van der Waals surface area contributed by atoms with E-state index < -0.39 is 5.60 Å². The van der Waals surface area contributed by atoms with E-state index in [1.54, 1.807) is 0 Å². The number of piperidine rings is 1. The second-order valence-corrected chi connectivity index (χ2v) is 6.45. The summed E-state index contributed by atoms with van der Waals surface area (Å²) in [5.41, 5.74) is 0.428. The highest BCUT2D eigenvalue weighted by Crippen LogP contribution is 2.29. The highest BCUT2D eigenvalue weighted by Gasteiger charge is 2.23. The molecule has 0 unspecified atom stereocenters. The molecule has 0 aliphatic carbocycles. The molecule has 0 amide bonds. The number of hydrogen-bond donors (Lipinski definition) is 1. The van der Waals surface area contributed by atoms with Crippen LogP contribution in [0.2, 0.25) is 0 Å². The Morgan fingerprint density at radius 2 is 2.32 bits per heavy atom. The predicted octanol–water partition coefficient (Wildman–Crippen LogP) is 3.55. The first kappa shape index (κ1) is 17.0. The molecule has 1 fully saturated rings. The summed E-state index contributed by atoms with van der Waals surface area (Å²) in [5, 5.41) is 10.3. The maximum Gasteiger partial charge on any atom is 0.122 e. The van der Waals surface area contributed by atoms with Gasteiger partial charge in [-0.3, -0.25) is 9.88 Å². The number of unbranched alkanes of at least 4 members (excludes halogenated alkanes) is 1. The maximum atomic E-state index is 10.3. The van der Waals surface area contributed by atoms with E-state index in [1.807, 2.05) is 25.4 Å². The lowest BCUT2D eigenvalue weighted by molar-refractivity contribution is 0.109. The molecule has 1 N–H and O–H groups in total. The van der Waals surface area contributed by atoms with Crippen molar-refractivity contribution in [2.75, 3.05) is 13.1 Å². The summed E-state index contributed by atoms with van der Waals surface area (Å²) in [6, 6.07) is 4.57. The highest BCUT2D eigenvalue weighted by atomic mass is 16.3. The molecular weight excluding hydrogens is 272 g/mol. The average Bonchev–Trinajstić information content (AvgIpc) is 2.54. The third kappa shape index (κ3) is 5.12. The first-order chi connectivity index (χ1) is 10.6. The zero-order valence-corrected chi connectivity index (χ0v) is 13.9. The number of pyridine rings is 1. The van der Waals surface area contributed by atoms with Crippen molar-refractivity contribution in [2.24, 2.45) is 0 Å². The minimum Gasteiger partial charge on any atom is -0.378 e. The van der Waals surface area contributed by atoms with Crippen LogP contribution >= 0.6 is 0 Å². The number of rotatable bonds is 5. The zero-order chi connectivity index (χ0) is 15.8. The minimum absolute atomic E-state index is 0.414. The van der Waals surface area contributed by atoms with Crippen molar-refractivity contribution in [1.82, 2.24) is 9.88 Å². The van der Waals surface area contributed by atoms with Crippen molar-refractivity contribution in [2.45, 2.75) is 64.0 Å². The third-order valence-electron chi connectivity index (χ3n) is 4.34. The molecule has 1 aliphatic heterocycles. The summed E-state index contributed by atoms with van der Waals surface area (Å²) >= 11 is 0. The van der Waals surface area contributed by atoms with Crippen molar-refractivity contribution in [1.29, 1.82) is 0 Å². The van der Waals surface area contributed by atoms with Gasteiger partial charge < -0.3 is 5.11 Å². The van der Waals surface area contributed by atoms with Gasteiger partial charge in [-0.05, 0) is 50.8 Å². The minimum atomic E-state index is -0.852. The predicted molar refractivity (Wildman–Crippen MR) is 90.3 cm³/mol. The lowest BCUT2D eigenvalue weighted by Crippen LogP contribution is -2.34. The number of aromatic nitrogens is 1. The molecule has 2 atom stereocenters. The van der Waals surface area contributed by atoms with E-state index in [-0.39, 0.29) is 0 Å². The zero-order valence-electron chi connectivity index (χ0n) is 13.9. The van der Waals surface area contributed by atoms with Crippen molar-refractivity contribution < 1.29 is 5.11 Å². The molecule has 2 heterocycles. The first-order valence-electron chi connectivity index (χ1n) is 8.49. The number of hydrogen-bond acceptors (Lipinski definition) is 3. The summed E-state index contributed by atoms with van der Waals surface area (Å²) < 4.78 is 0. The van der Waals surface area contributed by atoms with Crippen LogP contribution < -0.4 is 0 Å². The Bertz CT molecular complexity index is 501. The van der Waals surface area contributed by atoms with Crippen LogP contribution in [0.5, 0.6) is 0 Å². The van der Waals surface area contributed by atoms with Gasteiger partial charge in [-0.15, -0.1) is 0 Å². The summed E-state index contributed by atoms with van der Waals surface area (Å²) in [6.07, 6.45) is 10.3. The average molecular weight is 300 g/mol. The van der Waals surface area contributed by atoms with E-state index in [0.29, 0.717) is 6.04 Å². The summed E-state index contributed by atoms with van der Waals surface area (Å²) in [4.78, 5) is 6.66. The molecule has 0 saturated carbocycles. The van der Waals surface area contributed by atoms with E-state index in [1.165, 1.54) is 24.8 Å².